The summed E-state index contributed by atoms with van der Waals surface area (Å²) in [6.45, 7) is 2.21. The van der Waals surface area contributed by atoms with Gasteiger partial charge in [0.1, 0.15) is 24.0 Å². The largest absolute Gasteiger partial charge is 0.488 e. The molecule has 0 saturated heterocycles. The van der Waals surface area contributed by atoms with Gasteiger partial charge in [-0.15, -0.1) is 0 Å². The van der Waals surface area contributed by atoms with E-state index in [1.54, 1.807) is 49.4 Å². The molecule has 36 heavy (non-hydrogen) atoms. The molecule has 0 fully saturated rings. The number of carboxylic acid groups (broad SMARTS) is 1. The van der Waals surface area contributed by atoms with Crippen LogP contribution in [0, 0.1) is 11.3 Å². The van der Waals surface area contributed by atoms with Gasteiger partial charge in [0.25, 0.3) is 5.91 Å². The lowest BCUT2D eigenvalue weighted by Gasteiger charge is -2.10. The number of carboxylic acids is 1. The number of hydrogen-bond acceptors (Lipinski definition) is 6. The van der Waals surface area contributed by atoms with Crippen LogP contribution in [0.3, 0.4) is 0 Å². The molecule has 0 aliphatic heterocycles. The first-order valence-electron chi connectivity index (χ1n) is 10.8. The predicted octanol–water partition coefficient (Wildman–Crippen LogP) is 5.45. The summed E-state index contributed by atoms with van der Waals surface area (Å²) < 4.78 is 11.3. The molecule has 3 aromatic rings. The van der Waals surface area contributed by atoms with E-state index in [-0.39, 0.29) is 24.4 Å². The zero-order valence-electron chi connectivity index (χ0n) is 19.2. The number of nitriles is 1. The highest BCUT2D eigenvalue weighted by Gasteiger charge is 2.12. The Labute approximate surface area is 215 Å². The summed E-state index contributed by atoms with van der Waals surface area (Å²) >= 11 is 3.43. The zero-order valence-corrected chi connectivity index (χ0v) is 20.7. The summed E-state index contributed by atoms with van der Waals surface area (Å²) in [5.41, 5.74) is 2.27. The average Bonchev–Trinajstić information content (AvgIpc) is 2.87. The molecule has 8 nitrogen and oxygen atoms in total. The second-order valence-electron chi connectivity index (χ2n) is 7.40. The Morgan fingerprint density at radius 3 is 2.28 bits per heavy atom. The number of carbonyl (C=O) groups excluding carboxylic acids is 2. The highest BCUT2D eigenvalue weighted by molar-refractivity contribution is 9.10. The lowest BCUT2D eigenvalue weighted by molar-refractivity contribution is -0.112. The number of hydrogen-bond donors (Lipinski definition) is 2. The number of benzene rings is 3. The van der Waals surface area contributed by atoms with Crippen LogP contribution in [0.5, 0.6) is 5.75 Å². The Morgan fingerprint density at radius 2 is 1.69 bits per heavy atom. The Kier molecular flexibility index (Phi) is 8.97. The van der Waals surface area contributed by atoms with Crippen LogP contribution in [0.25, 0.3) is 6.08 Å². The molecule has 0 aliphatic rings. The second kappa shape index (κ2) is 12.3. The van der Waals surface area contributed by atoms with E-state index in [9.17, 15) is 19.6 Å². The van der Waals surface area contributed by atoms with Crippen LogP contribution >= 0.6 is 15.9 Å². The summed E-state index contributed by atoms with van der Waals surface area (Å²) in [7, 11) is 0. The molecule has 182 valence electrons. The quantitative estimate of drug-likeness (QED) is 0.207. The highest BCUT2D eigenvalue weighted by atomic mass is 79.9. The highest BCUT2D eigenvalue weighted by Crippen LogP contribution is 2.28. The van der Waals surface area contributed by atoms with Crippen LogP contribution in [-0.2, 0) is 16.1 Å². The molecule has 3 aromatic carbocycles. The van der Waals surface area contributed by atoms with E-state index in [2.05, 4.69) is 21.2 Å². The topological polar surface area (TPSA) is 126 Å². The first-order chi connectivity index (χ1) is 17.3. The predicted molar refractivity (Wildman–Crippen MR) is 136 cm³/mol. The van der Waals surface area contributed by atoms with E-state index >= 15 is 0 Å². The number of aromatic carboxylic acids is 1. The normalized spacial score (nSPS) is 10.8. The minimum atomic E-state index is -0.994. The van der Waals surface area contributed by atoms with Crippen LogP contribution in [-0.4, -0.2) is 29.6 Å². The minimum Gasteiger partial charge on any atom is -0.488 e. The van der Waals surface area contributed by atoms with Crippen LogP contribution in [0.4, 0.5) is 5.69 Å². The van der Waals surface area contributed by atoms with Crippen molar-refractivity contribution < 1.29 is 29.0 Å². The first-order valence-corrected chi connectivity index (χ1v) is 11.5. The van der Waals surface area contributed by atoms with Crippen molar-refractivity contribution in [3.8, 4) is 11.8 Å². The third-order valence-electron chi connectivity index (χ3n) is 4.88. The van der Waals surface area contributed by atoms with Crippen molar-refractivity contribution in [2.75, 3.05) is 11.9 Å². The molecule has 0 atom stereocenters. The summed E-state index contributed by atoms with van der Waals surface area (Å²) in [6.07, 6.45) is 1.45. The fourth-order valence-electron chi connectivity index (χ4n) is 3.05. The molecular weight excluding hydrogens is 528 g/mol. The zero-order chi connectivity index (χ0) is 26.1. The number of rotatable bonds is 9. The molecule has 0 heterocycles. The van der Waals surface area contributed by atoms with Crippen molar-refractivity contribution in [2.45, 2.75) is 13.5 Å². The van der Waals surface area contributed by atoms with Gasteiger partial charge in [-0.3, -0.25) is 4.79 Å². The fraction of sp³-hybridized carbons (Fsp3) is 0.111. The lowest BCUT2D eigenvalue weighted by atomic mass is 10.1. The van der Waals surface area contributed by atoms with Gasteiger partial charge < -0.3 is 19.9 Å². The van der Waals surface area contributed by atoms with Gasteiger partial charge in [-0.2, -0.15) is 5.26 Å². The molecule has 0 aromatic heterocycles. The molecule has 0 aliphatic carbocycles. The summed E-state index contributed by atoms with van der Waals surface area (Å²) in [4.78, 5) is 35.3. The third-order valence-corrected chi connectivity index (χ3v) is 5.50. The standard InChI is InChI=1S/C27H21BrN2O6/c1-2-35-27(34)20-8-10-22(11-9-20)30-25(31)21(15-29)13-18-5-12-24(23(28)14-18)36-16-17-3-6-19(7-4-17)26(32)33/h3-14H,2,16H2,1H3,(H,30,31)(H,32,33)/b21-13+. The van der Waals surface area contributed by atoms with E-state index < -0.39 is 17.8 Å². The van der Waals surface area contributed by atoms with Crippen LogP contribution in [0.2, 0.25) is 0 Å². The maximum absolute atomic E-state index is 12.6. The molecule has 0 unspecified atom stereocenters. The maximum atomic E-state index is 12.6. The molecule has 0 spiro atoms. The van der Waals surface area contributed by atoms with E-state index in [1.165, 1.54) is 30.3 Å². The van der Waals surface area contributed by atoms with Gasteiger partial charge >= 0.3 is 11.9 Å². The number of nitrogens with zero attached hydrogens (tertiary/aromatic N) is 1. The van der Waals surface area contributed by atoms with Gasteiger partial charge in [0.2, 0.25) is 0 Å². The Hall–Kier alpha value is -4.42. The van der Waals surface area contributed by atoms with Gasteiger partial charge in [0.05, 0.1) is 22.2 Å². The van der Waals surface area contributed by atoms with Crippen molar-refractivity contribution in [1.29, 1.82) is 5.26 Å². The van der Waals surface area contributed by atoms with Gasteiger partial charge in [0, 0.05) is 5.69 Å². The smallest absolute Gasteiger partial charge is 0.338 e. The monoisotopic (exact) mass is 548 g/mol. The van der Waals surface area contributed by atoms with Gasteiger partial charge in [-0.1, -0.05) is 18.2 Å². The number of nitrogens with one attached hydrogen (secondary N) is 1. The Morgan fingerprint density at radius 1 is 1.03 bits per heavy atom. The van der Waals surface area contributed by atoms with E-state index in [0.29, 0.717) is 27.0 Å². The van der Waals surface area contributed by atoms with Crippen molar-refractivity contribution >= 4 is 45.5 Å². The SMILES string of the molecule is CCOC(=O)c1ccc(NC(=O)/C(C#N)=C/c2ccc(OCc3ccc(C(=O)O)cc3)c(Br)c2)cc1. The molecule has 1 amide bonds. The Balaban J connectivity index is 1.65. The minimum absolute atomic E-state index is 0.108. The van der Waals surface area contributed by atoms with E-state index in [0.717, 1.165) is 5.56 Å². The molecular formula is C27H21BrN2O6. The first kappa shape index (κ1) is 26.2. The number of halogens is 1. The Bertz CT molecular complexity index is 1340. The van der Waals surface area contributed by atoms with Crippen LogP contribution in [0.15, 0.2) is 76.8 Å². The summed E-state index contributed by atoms with van der Waals surface area (Å²) in [5.74, 6) is -1.50. The number of amides is 1. The van der Waals surface area contributed by atoms with Gasteiger partial charge in [0.15, 0.2) is 0 Å². The average molecular weight is 549 g/mol. The van der Waals surface area contributed by atoms with Crippen molar-refractivity contribution in [3.63, 3.8) is 0 Å². The van der Waals surface area contributed by atoms with Crippen molar-refractivity contribution in [1.82, 2.24) is 0 Å². The van der Waals surface area contributed by atoms with Crippen molar-refractivity contribution in [2.24, 2.45) is 0 Å². The third kappa shape index (κ3) is 7.04. The fourth-order valence-corrected chi connectivity index (χ4v) is 3.56. The molecule has 9 heteroatoms. The summed E-state index contributed by atoms with van der Waals surface area (Å²) in [5, 5.41) is 21.1. The second-order valence-corrected chi connectivity index (χ2v) is 8.26. The van der Waals surface area contributed by atoms with Crippen molar-refractivity contribution in [3.05, 3.63) is 99.0 Å². The van der Waals surface area contributed by atoms with E-state index in [4.69, 9.17) is 14.6 Å². The maximum Gasteiger partial charge on any atom is 0.338 e. The summed E-state index contributed by atoms with van der Waals surface area (Å²) in [6, 6.07) is 19.5. The molecule has 0 saturated carbocycles. The van der Waals surface area contributed by atoms with E-state index in [1.807, 2.05) is 6.07 Å². The number of anilines is 1. The van der Waals surface area contributed by atoms with Crippen LogP contribution in [0.1, 0.15) is 38.8 Å². The van der Waals surface area contributed by atoms with Gasteiger partial charge in [-0.25, -0.2) is 9.59 Å². The molecule has 3 rings (SSSR count). The molecule has 0 bridgehead atoms. The number of carbonyl (C=O) groups is 3. The number of esters is 1. The number of ether oxygens (including phenoxy) is 2. The lowest BCUT2D eigenvalue weighted by Crippen LogP contribution is -2.13. The van der Waals surface area contributed by atoms with Gasteiger partial charge in [-0.05, 0) is 88.6 Å². The molecule has 0 radical (unpaired) electrons. The molecule has 2 N–H and O–H groups in total. The van der Waals surface area contributed by atoms with Crippen LogP contribution < -0.4 is 10.1 Å².